The van der Waals surface area contributed by atoms with E-state index in [9.17, 15) is 0 Å². The summed E-state index contributed by atoms with van der Waals surface area (Å²) in [6.07, 6.45) is 3.17. The molecular weight excluding hydrogens is 260 g/mol. The van der Waals surface area contributed by atoms with Crippen molar-refractivity contribution in [2.75, 3.05) is 5.32 Å². The summed E-state index contributed by atoms with van der Waals surface area (Å²) in [4.78, 5) is 3.93. The molecule has 0 atom stereocenters. The minimum atomic E-state index is 0.788. The van der Waals surface area contributed by atoms with Gasteiger partial charge in [0.25, 0.3) is 0 Å². The number of anilines is 1. The molecular formula is C18H18N2O. The first-order valence-corrected chi connectivity index (χ1v) is 7.01. The minimum absolute atomic E-state index is 0.788. The van der Waals surface area contributed by atoms with Gasteiger partial charge in [-0.25, -0.2) is 4.98 Å². The molecule has 0 radical (unpaired) electrons. The highest BCUT2D eigenvalue weighted by Crippen LogP contribution is 2.21. The van der Waals surface area contributed by atoms with Gasteiger partial charge in [0.1, 0.15) is 0 Å². The summed E-state index contributed by atoms with van der Waals surface area (Å²) in [7, 11) is 0. The Bertz CT molecular complexity index is 695. The molecule has 3 heteroatoms. The van der Waals surface area contributed by atoms with E-state index in [0.29, 0.717) is 0 Å². The number of oxazole rings is 1. The van der Waals surface area contributed by atoms with Gasteiger partial charge in [0.15, 0.2) is 12.2 Å². The smallest absolute Gasteiger partial charge is 0.181 e. The van der Waals surface area contributed by atoms with E-state index in [1.807, 2.05) is 12.1 Å². The van der Waals surface area contributed by atoms with Gasteiger partial charge in [-0.2, -0.15) is 0 Å². The highest BCUT2D eigenvalue weighted by atomic mass is 16.3. The zero-order valence-electron chi connectivity index (χ0n) is 12.3. The second-order valence-electron chi connectivity index (χ2n) is 5.29. The Balaban J connectivity index is 1.68. The number of nitrogens with zero attached hydrogens (tertiary/aromatic N) is 1. The zero-order valence-corrected chi connectivity index (χ0v) is 12.3. The normalized spacial score (nSPS) is 10.6. The fraction of sp³-hybridized carbons (Fsp3) is 0.167. The van der Waals surface area contributed by atoms with Crippen molar-refractivity contribution in [3.8, 4) is 11.3 Å². The lowest BCUT2D eigenvalue weighted by atomic mass is 10.1. The second kappa shape index (κ2) is 5.83. The SMILES string of the molecule is Cc1cc(C)cc(CNc2ccc(-c3cnco3)cc2)c1. The number of rotatable bonds is 4. The monoisotopic (exact) mass is 278 g/mol. The number of aromatic nitrogens is 1. The number of benzene rings is 2. The Hall–Kier alpha value is -2.55. The van der Waals surface area contributed by atoms with Crippen LogP contribution in [0.3, 0.4) is 0 Å². The van der Waals surface area contributed by atoms with Crippen LogP contribution in [0, 0.1) is 13.8 Å². The van der Waals surface area contributed by atoms with E-state index in [1.165, 1.54) is 23.1 Å². The Morgan fingerprint density at radius 2 is 1.71 bits per heavy atom. The van der Waals surface area contributed by atoms with E-state index >= 15 is 0 Å². The van der Waals surface area contributed by atoms with Crippen molar-refractivity contribution in [1.82, 2.24) is 4.98 Å². The maximum atomic E-state index is 5.28. The lowest BCUT2D eigenvalue weighted by Crippen LogP contribution is -2.00. The number of hydrogen-bond donors (Lipinski definition) is 1. The predicted molar refractivity (Wildman–Crippen MR) is 85.2 cm³/mol. The molecule has 0 aliphatic heterocycles. The van der Waals surface area contributed by atoms with Crippen LogP contribution in [0.4, 0.5) is 5.69 Å². The molecule has 21 heavy (non-hydrogen) atoms. The molecule has 0 saturated heterocycles. The molecule has 0 bridgehead atoms. The van der Waals surface area contributed by atoms with Crippen LogP contribution in [-0.2, 0) is 6.54 Å². The third kappa shape index (κ3) is 3.31. The first-order valence-electron chi connectivity index (χ1n) is 7.01. The molecule has 2 aromatic carbocycles. The molecule has 0 aliphatic rings. The van der Waals surface area contributed by atoms with Crippen molar-refractivity contribution >= 4 is 5.69 Å². The molecule has 1 N–H and O–H groups in total. The van der Waals surface area contributed by atoms with Crippen LogP contribution in [-0.4, -0.2) is 4.98 Å². The van der Waals surface area contributed by atoms with Gasteiger partial charge in [0.05, 0.1) is 6.20 Å². The maximum Gasteiger partial charge on any atom is 0.181 e. The quantitative estimate of drug-likeness (QED) is 0.759. The molecule has 3 nitrogen and oxygen atoms in total. The average molecular weight is 278 g/mol. The topological polar surface area (TPSA) is 38.1 Å². The fourth-order valence-corrected chi connectivity index (χ4v) is 2.49. The van der Waals surface area contributed by atoms with Gasteiger partial charge in [-0.05, 0) is 43.7 Å². The second-order valence-corrected chi connectivity index (χ2v) is 5.29. The van der Waals surface area contributed by atoms with E-state index < -0.39 is 0 Å². The molecule has 106 valence electrons. The standard InChI is InChI=1S/C18H18N2O/c1-13-7-14(2)9-15(8-13)10-20-17-5-3-16(4-6-17)18-11-19-12-21-18/h3-9,11-12,20H,10H2,1-2H3. The van der Waals surface area contributed by atoms with Crippen molar-refractivity contribution in [3.05, 3.63) is 71.7 Å². The summed E-state index contributed by atoms with van der Waals surface area (Å²) >= 11 is 0. The van der Waals surface area contributed by atoms with E-state index in [0.717, 1.165) is 23.6 Å². The summed E-state index contributed by atoms with van der Waals surface area (Å²) in [6, 6.07) is 14.8. The summed E-state index contributed by atoms with van der Waals surface area (Å²) in [5, 5.41) is 3.44. The maximum absolute atomic E-state index is 5.28. The molecule has 1 heterocycles. The first-order chi connectivity index (χ1) is 10.2. The highest BCUT2D eigenvalue weighted by molar-refractivity contribution is 5.60. The summed E-state index contributed by atoms with van der Waals surface area (Å²) in [6.45, 7) is 5.08. The number of aryl methyl sites for hydroxylation is 2. The van der Waals surface area contributed by atoms with Crippen LogP contribution < -0.4 is 5.32 Å². The van der Waals surface area contributed by atoms with Gasteiger partial charge in [0.2, 0.25) is 0 Å². The number of hydrogen-bond acceptors (Lipinski definition) is 3. The van der Waals surface area contributed by atoms with Gasteiger partial charge in [-0.3, -0.25) is 0 Å². The van der Waals surface area contributed by atoms with Crippen LogP contribution >= 0.6 is 0 Å². The van der Waals surface area contributed by atoms with Crippen LogP contribution in [0.2, 0.25) is 0 Å². The molecule has 1 aromatic heterocycles. The van der Waals surface area contributed by atoms with Crippen molar-refractivity contribution in [1.29, 1.82) is 0 Å². The fourth-order valence-electron chi connectivity index (χ4n) is 2.49. The van der Waals surface area contributed by atoms with Crippen LogP contribution in [0.15, 0.2) is 59.5 Å². The lowest BCUT2D eigenvalue weighted by molar-refractivity contribution is 0.572. The Kier molecular flexibility index (Phi) is 3.73. The zero-order chi connectivity index (χ0) is 14.7. The first kappa shape index (κ1) is 13.4. The summed E-state index contributed by atoms with van der Waals surface area (Å²) < 4.78 is 5.28. The van der Waals surface area contributed by atoms with Crippen LogP contribution in [0.5, 0.6) is 0 Å². The minimum Gasteiger partial charge on any atom is -0.444 e. The average Bonchev–Trinajstić information content (AvgIpc) is 2.99. The van der Waals surface area contributed by atoms with Crippen molar-refractivity contribution in [2.24, 2.45) is 0 Å². The van der Waals surface area contributed by atoms with Crippen molar-refractivity contribution in [3.63, 3.8) is 0 Å². The van der Waals surface area contributed by atoms with E-state index in [-0.39, 0.29) is 0 Å². The predicted octanol–water partition coefficient (Wildman–Crippen LogP) is 4.57. The molecule has 0 fully saturated rings. The largest absolute Gasteiger partial charge is 0.444 e. The van der Waals surface area contributed by atoms with E-state index in [2.05, 4.69) is 54.5 Å². The third-order valence-electron chi connectivity index (χ3n) is 3.38. The van der Waals surface area contributed by atoms with Crippen molar-refractivity contribution in [2.45, 2.75) is 20.4 Å². The summed E-state index contributed by atoms with van der Waals surface area (Å²) in [5.74, 6) is 0.788. The van der Waals surface area contributed by atoms with Gasteiger partial charge in [0, 0.05) is 17.8 Å². The molecule has 0 aliphatic carbocycles. The molecule has 0 unspecified atom stereocenters. The molecule has 3 rings (SSSR count). The Labute approximate surface area is 124 Å². The van der Waals surface area contributed by atoms with Gasteiger partial charge in [-0.1, -0.05) is 29.3 Å². The Morgan fingerprint density at radius 1 is 1.00 bits per heavy atom. The molecule has 0 amide bonds. The number of nitrogens with one attached hydrogen (secondary N) is 1. The van der Waals surface area contributed by atoms with Gasteiger partial charge >= 0.3 is 0 Å². The van der Waals surface area contributed by atoms with Gasteiger partial charge < -0.3 is 9.73 Å². The van der Waals surface area contributed by atoms with Crippen LogP contribution in [0.1, 0.15) is 16.7 Å². The van der Waals surface area contributed by atoms with E-state index in [4.69, 9.17) is 4.42 Å². The molecule has 3 aromatic rings. The Morgan fingerprint density at radius 3 is 2.33 bits per heavy atom. The highest BCUT2D eigenvalue weighted by Gasteiger charge is 2.01. The van der Waals surface area contributed by atoms with Crippen molar-refractivity contribution < 1.29 is 4.42 Å². The van der Waals surface area contributed by atoms with E-state index in [1.54, 1.807) is 6.20 Å². The van der Waals surface area contributed by atoms with Gasteiger partial charge in [-0.15, -0.1) is 0 Å². The van der Waals surface area contributed by atoms with Crippen LogP contribution in [0.25, 0.3) is 11.3 Å². The molecule has 0 saturated carbocycles. The third-order valence-corrected chi connectivity index (χ3v) is 3.38. The summed E-state index contributed by atoms with van der Waals surface area (Å²) in [5.41, 5.74) is 6.02. The molecule has 0 spiro atoms. The lowest BCUT2D eigenvalue weighted by Gasteiger charge is -2.09.